The van der Waals surface area contributed by atoms with E-state index in [1.54, 1.807) is 42.5 Å². The van der Waals surface area contributed by atoms with Gasteiger partial charge in [-0.15, -0.1) is 0 Å². The first-order valence-corrected chi connectivity index (χ1v) is 9.90. The Balaban J connectivity index is 1.73. The van der Waals surface area contributed by atoms with Crippen molar-refractivity contribution in [1.82, 2.24) is 0 Å². The molecule has 1 fully saturated rings. The van der Waals surface area contributed by atoms with Crippen molar-refractivity contribution in [3.05, 3.63) is 54.1 Å². The van der Waals surface area contributed by atoms with Gasteiger partial charge < -0.3 is 30.5 Å². The molecule has 9 heteroatoms. The number of para-hydroxylation sites is 2. The summed E-state index contributed by atoms with van der Waals surface area (Å²) in [4.78, 5) is 27.0. The van der Waals surface area contributed by atoms with E-state index in [2.05, 4.69) is 5.32 Å². The monoisotopic (exact) mass is 426 g/mol. The van der Waals surface area contributed by atoms with Crippen LogP contribution in [0.3, 0.4) is 0 Å². The molecule has 0 saturated carbocycles. The standard InChI is InChI=1S/C22H26N4O5/c1-13(2)31-17-6-4-3-5-16(17)26-11-12-30-19(22(26)29)18(27)21(28)25-15-9-7-14(8-10-15)20(23)24/h3-10,13,18-19,27H,11-12H2,1-2H3,(H3,23,24)(H,25,28). The molecule has 0 radical (unpaired) electrons. The molecule has 2 amide bonds. The minimum Gasteiger partial charge on any atom is -0.489 e. The van der Waals surface area contributed by atoms with Gasteiger partial charge in [0, 0.05) is 17.8 Å². The summed E-state index contributed by atoms with van der Waals surface area (Å²) in [6.07, 6.45) is -3.14. The first-order chi connectivity index (χ1) is 14.8. The number of benzene rings is 2. The van der Waals surface area contributed by atoms with E-state index in [4.69, 9.17) is 20.6 Å². The molecule has 164 valence electrons. The van der Waals surface area contributed by atoms with E-state index in [9.17, 15) is 14.7 Å². The van der Waals surface area contributed by atoms with Gasteiger partial charge in [0.05, 0.1) is 18.4 Å². The molecule has 0 bridgehead atoms. The molecule has 1 aliphatic heterocycles. The van der Waals surface area contributed by atoms with Crippen LogP contribution in [0.1, 0.15) is 19.4 Å². The van der Waals surface area contributed by atoms with Gasteiger partial charge in [-0.3, -0.25) is 15.0 Å². The Kier molecular flexibility index (Phi) is 6.88. The number of amidine groups is 1. The van der Waals surface area contributed by atoms with E-state index in [1.165, 1.54) is 4.90 Å². The minimum atomic E-state index is -1.71. The normalized spacial score (nSPS) is 17.4. The predicted molar refractivity (Wildman–Crippen MR) is 116 cm³/mol. The van der Waals surface area contributed by atoms with Crippen molar-refractivity contribution in [3.8, 4) is 5.75 Å². The fraction of sp³-hybridized carbons (Fsp3) is 0.318. The van der Waals surface area contributed by atoms with Crippen LogP contribution in [0.15, 0.2) is 48.5 Å². The summed E-state index contributed by atoms with van der Waals surface area (Å²) < 4.78 is 11.2. The van der Waals surface area contributed by atoms with E-state index < -0.39 is 24.0 Å². The quantitative estimate of drug-likeness (QED) is 0.391. The zero-order chi connectivity index (χ0) is 22.5. The summed E-state index contributed by atoms with van der Waals surface area (Å²) in [5.74, 6) is -0.861. The Morgan fingerprint density at radius 1 is 1.26 bits per heavy atom. The zero-order valence-corrected chi connectivity index (χ0v) is 17.4. The number of carbonyl (C=O) groups excluding carboxylic acids is 2. The van der Waals surface area contributed by atoms with Gasteiger partial charge in [-0.25, -0.2) is 0 Å². The molecule has 0 aliphatic carbocycles. The van der Waals surface area contributed by atoms with Crippen molar-refractivity contribution in [1.29, 1.82) is 5.41 Å². The van der Waals surface area contributed by atoms with Crippen molar-refractivity contribution >= 4 is 29.0 Å². The minimum absolute atomic E-state index is 0.0844. The molecule has 31 heavy (non-hydrogen) atoms. The first kappa shape index (κ1) is 22.3. The molecule has 2 aromatic rings. The van der Waals surface area contributed by atoms with Crippen molar-refractivity contribution < 1.29 is 24.2 Å². The number of hydrogen-bond acceptors (Lipinski definition) is 6. The smallest absolute Gasteiger partial charge is 0.259 e. The zero-order valence-electron chi connectivity index (χ0n) is 17.4. The van der Waals surface area contributed by atoms with Gasteiger partial charge in [-0.2, -0.15) is 0 Å². The lowest BCUT2D eigenvalue weighted by Crippen LogP contribution is -2.55. The first-order valence-electron chi connectivity index (χ1n) is 9.90. The van der Waals surface area contributed by atoms with Gasteiger partial charge in [0.2, 0.25) is 0 Å². The van der Waals surface area contributed by atoms with Crippen LogP contribution in [0.5, 0.6) is 5.75 Å². The summed E-state index contributed by atoms with van der Waals surface area (Å²) in [5, 5.41) is 20.5. The van der Waals surface area contributed by atoms with Gasteiger partial charge in [0.15, 0.2) is 12.2 Å². The van der Waals surface area contributed by atoms with Crippen LogP contribution < -0.4 is 20.7 Å². The number of aliphatic hydroxyl groups excluding tert-OH is 1. The molecule has 2 atom stereocenters. The molecule has 9 nitrogen and oxygen atoms in total. The maximum absolute atomic E-state index is 13.0. The van der Waals surface area contributed by atoms with Crippen molar-refractivity contribution in [2.75, 3.05) is 23.4 Å². The second kappa shape index (κ2) is 9.59. The maximum Gasteiger partial charge on any atom is 0.259 e. The third-order valence-electron chi connectivity index (χ3n) is 4.66. The number of amides is 2. The number of rotatable bonds is 7. The number of morpholine rings is 1. The van der Waals surface area contributed by atoms with Crippen LogP contribution in [0.4, 0.5) is 11.4 Å². The van der Waals surface area contributed by atoms with Crippen LogP contribution in [0, 0.1) is 5.41 Å². The molecule has 2 unspecified atom stereocenters. The van der Waals surface area contributed by atoms with Crippen molar-refractivity contribution in [2.45, 2.75) is 32.2 Å². The second-order valence-electron chi connectivity index (χ2n) is 7.34. The van der Waals surface area contributed by atoms with Crippen LogP contribution >= 0.6 is 0 Å². The average molecular weight is 426 g/mol. The SMILES string of the molecule is CC(C)Oc1ccccc1N1CCOC(C(O)C(=O)Nc2ccc(C(=N)N)cc2)C1=O. The third-order valence-corrected chi connectivity index (χ3v) is 4.66. The number of carbonyl (C=O) groups is 2. The largest absolute Gasteiger partial charge is 0.489 e. The topological polar surface area (TPSA) is 138 Å². The summed E-state index contributed by atoms with van der Waals surface area (Å²) in [6.45, 7) is 4.20. The maximum atomic E-state index is 13.0. The van der Waals surface area contributed by atoms with Crippen LogP contribution in [-0.2, 0) is 14.3 Å². The fourth-order valence-corrected chi connectivity index (χ4v) is 3.19. The Morgan fingerprint density at radius 2 is 1.94 bits per heavy atom. The molecule has 2 aromatic carbocycles. The molecular weight excluding hydrogens is 400 g/mol. The van der Waals surface area contributed by atoms with Gasteiger partial charge >= 0.3 is 0 Å². The number of ether oxygens (including phenoxy) is 2. The Labute approximate surface area is 180 Å². The Morgan fingerprint density at radius 3 is 2.58 bits per heavy atom. The van der Waals surface area contributed by atoms with Gasteiger partial charge in [0.25, 0.3) is 11.8 Å². The van der Waals surface area contributed by atoms with Crippen LogP contribution in [-0.4, -0.2) is 54.2 Å². The highest BCUT2D eigenvalue weighted by Gasteiger charge is 2.40. The Hall–Kier alpha value is -3.43. The average Bonchev–Trinajstić information content (AvgIpc) is 2.74. The summed E-state index contributed by atoms with van der Waals surface area (Å²) >= 11 is 0. The summed E-state index contributed by atoms with van der Waals surface area (Å²) in [7, 11) is 0. The fourth-order valence-electron chi connectivity index (χ4n) is 3.19. The summed E-state index contributed by atoms with van der Waals surface area (Å²) in [5.41, 5.74) is 6.87. The third kappa shape index (κ3) is 5.19. The molecule has 5 N–H and O–H groups in total. The van der Waals surface area contributed by atoms with Crippen LogP contribution in [0.2, 0.25) is 0 Å². The predicted octanol–water partition coefficient (Wildman–Crippen LogP) is 1.49. The lowest BCUT2D eigenvalue weighted by Gasteiger charge is -2.35. The van der Waals surface area contributed by atoms with E-state index in [0.717, 1.165) is 0 Å². The number of nitrogens with zero attached hydrogens (tertiary/aromatic N) is 1. The van der Waals surface area contributed by atoms with Crippen molar-refractivity contribution in [3.63, 3.8) is 0 Å². The lowest BCUT2D eigenvalue weighted by atomic mass is 10.1. The number of anilines is 2. The van der Waals surface area contributed by atoms with Crippen molar-refractivity contribution in [2.24, 2.45) is 5.73 Å². The van der Waals surface area contributed by atoms with Gasteiger partial charge in [-0.1, -0.05) is 12.1 Å². The molecule has 1 heterocycles. The number of nitrogen functional groups attached to an aromatic ring is 1. The number of nitrogens with one attached hydrogen (secondary N) is 2. The second-order valence-corrected chi connectivity index (χ2v) is 7.34. The summed E-state index contributed by atoms with van der Waals surface area (Å²) in [6, 6.07) is 13.4. The number of nitrogens with two attached hydrogens (primary N) is 1. The Bertz CT molecular complexity index is 961. The molecule has 0 aromatic heterocycles. The van der Waals surface area contributed by atoms with Gasteiger partial charge in [-0.05, 0) is 50.2 Å². The van der Waals surface area contributed by atoms with E-state index in [0.29, 0.717) is 22.7 Å². The molecular formula is C22H26N4O5. The van der Waals surface area contributed by atoms with E-state index >= 15 is 0 Å². The van der Waals surface area contributed by atoms with Crippen LogP contribution in [0.25, 0.3) is 0 Å². The number of aliphatic hydroxyl groups is 1. The highest BCUT2D eigenvalue weighted by atomic mass is 16.5. The molecule has 1 saturated heterocycles. The highest BCUT2D eigenvalue weighted by Crippen LogP contribution is 2.31. The highest BCUT2D eigenvalue weighted by molar-refractivity contribution is 6.04. The van der Waals surface area contributed by atoms with Gasteiger partial charge in [0.1, 0.15) is 11.6 Å². The number of hydrogen-bond donors (Lipinski definition) is 4. The molecule has 1 aliphatic rings. The molecule has 3 rings (SSSR count). The van der Waals surface area contributed by atoms with E-state index in [1.807, 2.05) is 19.9 Å². The molecule has 0 spiro atoms. The van der Waals surface area contributed by atoms with E-state index in [-0.39, 0.29) is 25.1 Å². The lowest BCUT2D eigenvalue weighted by molar-refractivity contribution is -0.150.